The second-order valence-corrected chi connectivity index (χ2v) is 3.25. The van der Waals surface area contributed by atoms with E-state index in [1.807, 2.05) is 28.8 Å². The van der Waals surface area contributed by atoms with Crippen LogP contribution in [0, 0.1) is 0 Å². The Hall–Kier alpha value is -2.37. The highest BCUT2D eigenvalue weighted by atomic mass is 16.2. The van der Waals surface area contributed by atoms with Gasteiger partial charge in [0.1, 0.15) is 5.65 Å². The van der Waals surface area contributed by atoms with Crippen molar-refractivity contribution in [1.29, 1.82) is 0 Å². The van der Waals surface area contributed by atoms with E-state index in [1.165, 1.54) is 0 Å². The van der Waals surface area contributed by atoms with Gasteiger partial charge in [0.25, 0.3) is 0 Å². The number of hydrogen-bond acceptors (Lipinski definition) is 3. The third kappa shape index (κ3) is 1.85. The molecule has 0 aliphatic carbocycles. The quantitative estimate of drug-likeness (QED) is 0.574. The fourth-order valence-electron chi connectivity index (χ4n) is 1.40. The predicted molar refractivity (Wildman–Crippen MR) is 60.1 cm³/mol. The van der Waals surface area contributed by atoms with Crippen molar-refractivity contribution in [2.24, 2.45) is 10.8 Å². The first kappa shape index (κ1) is 10.2. The Balaban J connectivity index is 2.40. The third-order valence-corrected chi connectivity index (χ3v) is 2.12. The van der Waals surface area contributed by atoms with Crippen LogP contribution in [0.4, 0.5) is 4.79 Å². The Morgan fingerprint density at radius 1 is 1.56 bits per heavy atom. The van der Waals surface area contributed by atoms with Gasteiger partial charge < -0.3 is 5.73 Å². The lowest BCUT2D eigenvalue weighted by Gasteiger charge is -2.00. The maximum absolute atomic E-state index is 10.5. The zero-order valence-corrected chi connectivity index (χ0v) is 8.71. The monoisotopic (exact) mass is 217 g/mol. The molecule has 0 saturated heterocycles. The van der Waals surface area contributed by atoms with E-state index in [1.54, 1.807) is 13.1 Å². The second kappa shape index (κ2) is 4.01. The predicted octanol–water partition coefficient (Wildman–Crippen LogP) is 0.727. The zero-order valence-electron chi connectivity index (χ0n) is 8.71. The number of aromatic nitrogens is 2. The highest BCUT2D eigenvalue weighted by molar-refractivity contribution is 5.98. The number of urea groups is 1. The largest absolute Gasteiger partial charge is 0.350 e. The molecule has 0 radical (unpaired) electrons. The summed E-state index contributed by atoms with van der Waals surface area (Å²) in [5, 5.41) is 3.85. The number of hydrazone groups is 1. The average molecular weight is 217 g/mol. The van der Waals surface area contributed by atoms with E-state index >= 15 is 0 Å². The van der Waals surface area contributed by atoms with Crippen molar-refractivity contribution < 1.29 is 4.79 Å². The molecule has 16 heavy (non-hydrogen) atoms. The number of nitrogens with zero attached hydrogens (tertiary/aromatic N) is 3. The molecular weight excluding hydrogens is 206 g/mol. The molecule has 0 saturated carbocycles. The number of hydrogen-bond donors (Lipinski definition) is 2. The van der Waals surface area contributed by atoms with Crippen LogP contribution >= 0.6 is 0 Å². The fraction of sp³-hybridized carbons (Fsp3) is 0.100. The Morgan fingerprint density at radius 2 is 2.38 bits per heavy atom. The summed E-state index contributed by atoms with van der Waals surface area (Å²) in [5.74, 6) is 0. The molecule has 2 rings (SSSR count). The topological polar surface area (TPSA) is 84.8 Å². The van der Waals surface area contributed by atoms with Crippen molar-refractivity contribution in [2.75, 3.05) is 0 Å². The summed E-state index contributed by atoms with van der Waals surface area (Å²) < 4.78 is 1.88. The molecule has 2 amide bonds. The second-order valence-electron chi connectivity index (χ2n) is 3.25. The first-order valence-corrected chi connectivity index (χ1v) is 4.70. The van der Waals surface area contributed by atoms with Gasteiger partial charge in [0.15, 0.2) is 0 Å². The maximum atomic E-state index is 10.5. The van der Waals surface area contributed by atoms with Gasteiger partial charge in [-0.1, -0.05) is 6.07 Å². The van der Waals surface area contributed by atoms with E-state index in [-0.39, 0.29) is 0 Å². The van der Waals surface area contributed by atoms with Gasteiger partial charge in [-0.25, -0.2) is 15.2 Å². The molecule has 82 valence electrons. The Kier molecular flexibility index (Phi) is 2.55. The van der Waals surface area contributed by atoms with E-state index in [9.17, 15) is 4.79 Å². The van der Waals surface area contributed by atoms with Crippen molar-refractivity contribution in [3.63, 3.8) is 0 Å². The smallest absolute Gasteiger partial charge is 0.332 e. The minimum Gasteiger partial charge on any atom is -0.350 e. The van der Waals surface area contributed by atoms with Gasteiger partial charge in [0.05, 0.1) is 17.6 Å². The van der Waals surface area contributed by atoms with E-state index in [2.05, 4.69) is 15.5 Å². The number of carbonyl (C=O) groups is 1. The summed E-state index contributed by atoms with van der Waals surface area (Å²) >= 11 is 0. The van der Waals surface area contributed by atoms with Gasteiger partial charge >= 0.3 is 6.03 Å². The van der Waals surface area contributed by atoms with Crippen molar-refractivity contribution in [2.45, 2.75) is 6.92 Å². The lowest BCUT2D eigenvalue weighted by Crippen LogP contribution is -2.25. The minimum absolute atomic E-state index is 0.637. The molecule has 2 heterocycles. The fourth-order valence-corrected chi connectivity index (χ4v) is 1.40. The molecule has 0 aliphatic heterocycles. The number of nitrogens with one attached hydrogen (secondary N) is 1. The molecule has 0 atom stereocenters. The molecule has 0 unspecified atom stereocenters. The van der Waals surface area contributed by atoms with Gasteiger partial charge in [0.2, 0.25) is 0 Å². The van der Waals surface area contributed by atoms with Crippen LogP contribution in [0.5, 0.6) is 0 Å². The Bertz CT molecular complexity index is 557. The summed E-state index contributed by atoms with van der Waals surface area (Å²) in [7, 11) is 0. The van der Waals surface area contributed by atoms with Crippen LogP contribution in [-0.2, 0) is 0 Å². The van der Waals surface area contributed by atoms with Crippen LogP contribution in [0.3, 0.4) is 0 Å². The van der Waals surface area contributed by atoms with Crippen molar-refractivity contribution in [1.82, 2.24) is 14.8 Å². The molecular formula is C10H11N5O. The first-order valence-electron chi connectivity index (χ1n) is 4.70. The minimum atomic E-state index is -0.687. The lowest BCUT2D eigenvalue weighted by molar-refractivity contribution is 0.249. The van der Waals surface area contributed by atoms with Crippen molar-refractivity contribution in [3.05, 3.63) is 36.3 Å². The normalized spacial score (nSPS) is 11.7. The van der Waals surface area contributed by atoms with Crippen LogP contribution < -0.4 is 11.2 Å². The lowest BCUT2D eigenvalue weighted by atomic mass is 10.3. The van der Waals surface area contributed by atoms with Crippen LogP contribution in [0.25, 0.3) is 5.65 Å². The average Bonchev–Trinajstić information content (AvgIpc) is 2.69. The number of nitrogens with two attached hydrogens (primary N) is 1. The summed E-state index contributed by atoms with van der Waals surface area (Å²) in [6.07, 6.45) is 3.57. The standard InChI is InChI=1S/C10H11N5O/c1-7(13-14-10(11)16)8-6-12-9-4-2-3-5-15(8)9/h2-6H,1H3,(H3,11,14,16)/b13-7-. The van der Waals surface area contributed by atoms with E-state index in [4.69, 9.17) is 5.73 Å². The molecule has 2 aromatic rings. The summed E-state index contributed by atoms with van der Waals surface area (Å²) in [6.45, 7) is 1.77. The number of amides is 2. The Labute approximate surface area is 91.8 Å². The van der Waals surface area contributed by atoms with E-state index in [0.29, 0.717) is 5.71 Å². The highest BCUT2D eigenvalue weighted by Crippen LogP contribution is 2.06. The van der Waals surface area contributed by atoms with Crippen LogP contribution in [-0.4, -0.2) is 21.1 Å². The van der Waals surface area contributed by atoms with Gasteiger partial charge in [-0.3, -0.25) is 4.40 Å². The molecule has 0 spiro atoms. The molecule has 0 aromatic carbocycles. The maximum Gasteiger partial charge on any atom is 0.332 e. The molecule has 0 bridgehead atoms. The van der Waals surface area contributed by atoms with Gasteiger partial charge in [-0.2, -0.15) is 5.10 Å². The van der Waals surface area contributed by atoms with Crippen LogP contribution in [0.15, 0.2) is 35.7 Å². The number of fused-ring (bicyclic) bond motifs is 1. The Morgan fingerprint density at radius 3 is 3.12 bits per heavy atom. The number of pyridine rings is 1. The molecule has 3 N–H and O–H groups in total. The summed E-state index contributed by atoms with van der Waals surface area (Å²) in [6, 6.07) is 5.00. The molecule has 0 fully saturated rings. The molecule has 6 heteroatoms. The first-order chi connectivity index (χ1) is 7.68. The third-order valence-electron chi connectivity index (χ3n) is 2.12. The van der Waals surface area contributed by atoms with Gasteiger partial charge in [-0.15, -0.1) is 0 Å². The summed E-state index contributed by atoms with van der Waals surface area (Å²) in [5.41, 5.74) is 9.38. The molecule has 2 aromatic heterocycles. The molecule has 0 aliphatic rings. The number of primary amides is 1. The summed E-state index contributed by atoms with van der Waals surface area (Å²) in [4.78, 5) is 14.7. The SMILES string of the molecule is C/C(=N/NC(N)=O)c1cnc2ccccn12. The highest BCUT2D eigenvalue weighted by Gasteiger charge is 2.05. The molecule has 6 nitrogen and oxygen atoms in total. The zero-order chi connectivity index (χ0) is 11.5. The van der Waals surface area contributed by atoms with E-state index in [0.717, 1.165) is 11.3 Å². The number of carbonyl (C=O) groups excluding carboxylic acids is 1. The van der Waals surface area contributed by atoms with Gasteiger partial charge in [-0.05, 0) is 19.1 Å². The van der Waals surface area contributed by atoms with Crippen molar-refractivity contribution in [3.8, 4) is 0 Å². The van der Waals surface area contributed by atoms with E-state index < -0.39 is 6.03 Å². The van der Waals surface area contributed by atoms with Crippen LogP contribution in [0.2, 0.25) is 0 Å². The van der Waals surface area contributed by atoms with Crippen LogP contribution in [0.1, 0.15) is 12.6 Å². The number of rotatable bonds is 2. The van der Waals surface area contributed by atoms with Crippen molar-refractivity contribution >= 4 is 17.4 Å². The van der Waals surface area contributed by atoms with Gasteiger partial charge in [0, 0.05) is 6.20 Å². The number of imidazole rings is 1.